The lowest BCUT2D eigenvalue weighted by atomic mass is 10.3. The monoisotopic (exact) mass is 392 g/mol. The van der Waals surface area contributed by atoms with Crippen LogP contribution in [0.4, 0.5) is 5.82 Å². The lowest BCUT2D eigenvalue weighted by molar-refractivity contribution is -0.117. The van der Waals surface area contributed by atoms with Gasteiger partial charge in [-0.25, -0.2) is 15.0 Å². The second-order valence-corrected chi connectivity index (χ2v) is 7.50. The standard InChI is InChI=1S/C20H20N6OS/c1-13-6-7-14(2)26(13)12-18(27)24-17-11-16(20-22-9-10-28-20)23-19(25-17)15-5-3-4-8-21-15/h3-11,13-14H,12H2,1-2H3,(H,23,24,25,27). The SMILES string of the molecule is CC1C=CC(C)N1CC(=O)Nc1cc(-c2nccs2)nc(-c2ccccn2)n1. The minimum atomic E-state index is -0.113. The number of amides is 1. The fraction of sp³-hybridized carbons (Fsp3) is 0.250. The highest BCUT2D eigenvalue weighted by Gasteiger charge is 2.24. The molecule has 28 heavy (non-hydrogen) atoms. The molecule has 4 rings (SSSR count). The van der Waals surface area contributed by atoms with Crippen LogP contribution in [0.1, 0.15) is 13.8 Å². The Morgan fingerprint density at radius 1 is 1.11 bits per heavy atom. The van der Waals surface area contributed by atoms with Crippen LogP contribution in [0.3, 0.4) is 0 Å². The molecule has 7 nitrogen and oxygen atoms in total. The van der Waals surface area contributed by atoms with Crippen molar-refractivity contribution < 1.29 is 4.79 Å². The smallest absolute Gasteiger partial charge is 0.239 e. The fourth-order valence-corrected chi connectivity index (χ4v) is 3.73. The van der Waals surface area contributed by atoms with E-state index in [9.17, 15) is 4.79 Å². The summed E-state index contributed by atoms with van der Waals surface area (Å²) >= 11 is 1.48. The van der Waals surface area contributed by atoms with Gasteiger partial charge in [0.15, 0.2) is 5.82 Å². The Kier molecular flexibility index (Phi) is 5.23. The third-order valence-electron chi connectivity index (χ3n) is 4.58. The molecule has 1 aliphatic rings. The molecular weight excluding hydrogens is 372 g/mol. The number of rotatable bonds is 5. The molecule has 0 radical (unpaired) electrons. The summed E-state index contributed by atoms with van der Waals surface area (Å²) in [6, 6.07) is 7.78. The van der Waals surface area contributed by atoms with Crippen LogP contribution in [0, 0.1) is 0 Å². The second kappa shape index (κ2) is 7.95. The number of nitrogens with zero attached hydrogens (tertiary/aromatic N) is 5. The van der Waals surface area contributed by atoms with E-state index in [2.05, 4.69) is 56.2 Å². The highest BCUT2D eigenvalue weighted by Crippen LogP contribution is 2.25. The van der Waals surface area contributed by atoms with Crippen molar-refractivity contribution >= 4 is 23.1 Å². The highest BCUT2D eigenvalue weighted by molar-refractivity contribution is 7.13. The van der Waals surface area contributed by atoms with Crippen molar-refractivity contribution in [1.29, 1.82) is 0 Å². The molecule has 0 aliphatic carbocycles. The number of nitrogens with one attached hydrogen (secondary N) is 1. The van der Waals surface area contributed by atoms with Crippen LogP contribution < -0.4 is 5.32 Å². The molecular formula is C20H20N6OS. The summed E-state index contributed by atoms with van der Waals surface area (Å²) in [4.78, 5) is 32.5. The summed E-state index contributed by atoms with van der Waals surface area (Å²) in [6.45, 7) is 4.46. The maximum absolute atomic E-state index is 12.6. The number of carbonyl (C=O) groups is 1. The first-order chi connectivity index (χ1) is 13.6. The number of aromatic nitrogens is 4. The van der Waals surface area contributed by atoms with E-state index in [0.717, 1.165) is 5.01 Å². The van der Waals surface area contributed by atoms with E-state index in [0.29, 0.717) is 29.6 Å². The molecule has 0 bridgehead atoms. The van der Waals surface area contributed by atoms with E-state index in [4.69, 9.17) is 0 Å². The third kappa shape index (κ3) is 3.97. The highest BCUT2D eigenvalue weighted by atomic mass is 32.1. The number of hydrogen-bond acceptors (Lipinski definition) is 7. The maximum Gasteiger partial charge on any atom is 0.239 e. The van der Waals surface area contributed by atoms with Crippen molar-refractivity contribution in [3.63, 3.8) is 0 Å². The second-order valence-electron chi connectivity index (χ2n) is 6.60. The minimum Gasteiger partial charge on any atom is -0.309 e. The molecule has 0 aromatic carbocycles. The van der Waals surface area contributed by atoms with Crippen molar-refractivity contribution in [1.82, 2.24) is 24.8 Å². The number of thiazole rings is 1. The summed E-state index contributed by atoms with van der Waals surface area (Å²) < 4.78 is 0. The van der Waals surface area contributed by atoms with Crippen LogP contribution in [0.25, 0.3) is 22.2 Å². The molecule has 1 N–H and O–H groups in total. The van der Waals surface area contributed by atoms with Crippen molar-refractivity contribution in [3.05, 3.63) is 54.2 Å². The van der Waals surface area contributed by atoms with Gasteiger partial charge in [0.1, 0.15) is 22.2 Å². The topological polar surface area (TPSA) is 83.9 Å². The first-order valence-corrected chi connectivity index (χ1v) is 9.92. The summed E-state index contributed by atoms with van der Waals surface area (Å²) in [6.07, 6.45) is 7.64. The lowest BCUT2D eigenvalue weighted by Gasteiger charge is -2.25. The van der Waals surface area contributed by atoms with E-state index in [-0.39, 0.29) is 18.0 Å². The molecule has 0 fully saturated rings. The average molecular weight is 392 g/mol. The molecule has 1 amide bonds. The number of pyridine rings is 1. The first-order valence-electron chi connectivity index (χ1n) is 9.04. The van der Waals surface area contributed by atoms with Crippen LogP contribution in [0.5, 0.6) is 0 Å². The van der Waals surface area contributed by atoms with Crippen LogP contribution in [0.2, 0.25) is 0 Å². The van der Waals surface area contributed by atoms with E-state index in [1.165, 1.54) is 11.3 Å². The van der Waals surface area contributed by atoms with Gasteiger partial charge in [0.2, 0.25) is 5.91 Å². The summed E-state index contributed by atoms with van der Waals surface area (Å²) in [5.41, 5.74) is 1.30. The minimum absolute atomic E-state index is 0.113. The Balaban J connectivity index is 1.61. The molecule has 8 heteroatoms. The van der Waals surface area contributed by atoms with Crippen LogP contribution in [-0.4, -0.2) is 49.4 Å². The normalized spacial score (nSPS) is 19.1. The summed E-state index contributed by atoms with van der Waals surface area (Å²) in [7, 11) is 0. The Bertz CT molecular complexity index is 977. The average Bonchev–Trinajstić information content (AvgIpc) is 3.35. The van der Waals surface area contributed by atoms with E-state index >= 15 is 0 Å². The van der Waals surface area contributed by atoms with Crippen LogP contribution in [-0.2, 0) is 4.79 Å². The predicted octanol–water partition coefficient (Wildman–Crippen LogP) is 3.25. The summed E-state index contributed by atoms with van der Waals surface area (Å²) in [5.74, 6) is 0.782. The predicted molar refractivity (Wildman–Crippen MR) is 110 cm³/mol. The van der Waals surface area contributed by atoms with Gasteiger partial charge in [-0.2, -0.15) is 0 Å². The largest absolute Gasteiger partial charge is 0.309 e. The molecule has 3 aromatic rings. The Hall–Kier alpha value is -2.97. The zero-order valence-corrected chi connectivity index (χ0v) is 16.4. The lowest BCUT2D eigenvalue weighted by Crippen LogP contribution is -2.40. The Morgan fingerprint density at radius 3 is 2.61 bits per heavy atom. The van der Waals surface area contributed by atoms with Gasteiger partial charge in [0.05, 0.1) is 6.54 Å². The van der Waals surface area contributed by atoms with Crippen molar-refractivity contribution in [2.24, 2.45) is 0 Å². The zero-order valence-electron chi connectivity index (χ0n) is 15.6. The Labute approximate surface area is 167 Å². The van der Waals surface area contributed by atoms with Gasteiger partial charge < -0.3 is 5.32 Å². The Morgan fingerprint density at radius 2 is 1.93 bits per heavy atom. The molecule has 2 unspecified atom stereocenters. The molecule has 0 saturated heterocycles. The number of anilines is 1. The molecule has 2 atom stereocenters. The van der Waals surface area contributed by atoms with Gasteiger partial charge in [-0.3, -0.25) is 14.7 Å². The van der Waals surface area contributed by atoms with E-state index < -0.39 is 0 Å². The molecule has 3 aromatic heterocycles. The van der Waals surface area contributed by atoms with Gasteiger partial charge in [-0.15, -0.1) is 11.3 Å². The molecule has 142 valence electrons. The molecule has 0 saturated carbocycles. The van der Waals surface area contributed by atoms with E-state index in [1.807, 2.05) is 23.6 Å². The number of hydrogen-bond donors (Lipinski definition) is 1. The van der Waals surface area contributed by atoms with Crippen LogP contribution >= 0.6 is 11.3 Å². The van der Waals surface area contributed by atoms with Gasteiger partial charge in [-0.1, -0.05) is 18.2 Å². The van der Waals surface area contributed by atoms with Gasteiger partial charge in [-0.05, 0) is 26.0 Å². The molecule has 4 heterocycles. The van der Waals surface area contributed by atoms with Crippen molar-refractivity contribution in [2.75, 3.05) is 11.9 Å². The van der Waals surface area contributed by atoms with Gasteiger partial charge in [0.25, 0.3) is 0 Å². The van der Waals surface area contributed by atoms with Gasteiger partial charge >= 0.3 is 0 Å². The molecule has 1 aliphatic heterocycles. The maximum atomic E-state index is 12.6. The first kappa shape index (κ1) is 18.4. The summed E-state index contributed by atoms with van der Waals surface area (Å²) in [5, 5.41) is 5.57. The van der Waals surface area contributed by atoms with Crippen molar-refractivity contribution in [2.45, 2.75) is 25.9 Å². The number of carbonyl (C=O) groups excluding carboxylic acids is 1. The quantitative estimate of drug-likeness (QED) is 0.671. The third-order valence-corrected chi connectivity index (χ3v) is 5.38. The molecule has 0 spiro atoms. The van der Waals surface area contributed by atoms with E-state index in [1.54, 1.807) is 18.5 Å². The fourth-order valence-electron chi connectivity index (χ4n) is 3.13. The van der Waals surface area contributed by atoms with Gasteiger partial charge in [0, 0.05) is 35.9 Å². The van der Waals surface area contributed by atoms with Crippen molar-refractivity contribution in [3.8, 4) is 22.2 Å². The zero-order chi connectivity index (χ0) is 19.5. The van der Waals surface area contributed by atoms with Crippen LogP contribution in [0.15, 0.2) is 54.2 Å².